The number of thiocarbonyl (C=S) groups is 1. The highest BCUT2D eigenvalue weighted by molar-refractivity contribution is 7.80. The maximum atomic E-state index is 4.95. The standard InChI is InChI=1S/C6H13NS/c1-5(6(2)8)7(3)4/h5H,1-4H3/q+1. The van der Waals surface area contributed by atoms with Crippen molar-refractivity contribution in [2.45, 2.75) is 19.9 Å². The summed E-state index contributed by atoms with van der Waals surface area (Å²) in [4.78, 5) is 3.15. The normalized spacial score (nSPS) is 14.1. The van der Waals surface area contributed by atoms with E-state index >= 15 is 0 Å². The van der Waals surface area contributed by atoms with Crippen molar-refractivity contribution >= 4 is 17.1 Å². The third-order valence-corrected chi connectivity index (χ3v) is 1.70. The molecule has 0 aliphatic heterocycles. The van der Waals surface area contributed by atoms with Crippen LogP contribution in [0.4, 0.5) is 0 Å². The van der Waals surface area contributed by atoms with Crippen molar-refractivity contribution in [3.63, 3.8) is 0 Å². The van der Waals surface area contributed by atoms with Crippen molar-refractivity contribution in [1.29, 1.82) is 0 Å². The Hall–Kier alpha value is 0.0500. The van der Waals surface area contributed by atoms with Gasteiger partial charge in [0.05, 0.1) is 4.86 Å². The average Bonchev–Trinajstić information content (AvgIpc) is 1.64. The molecule has 0 spiro atoms. The predicted octanol–water partition coefficient (Wildman–Crippen LogP) is 1.16. The van der Waals surface area contributed by atoms with Gasteiger partial charge >= 0.3 is 0 Å². The molecular weight excluding hydrogens is 118 g/mol. The first-order chi connectivity index (χ1) is 3.55. The zero-order chi connectivity index (χ0) is 6.73. The molecular formula is C6H13NS+. The fourth-order valence-corrected chi connectivity index (χ4v) is 0.574. The van der Waals surface area contributed by atoms with Gasteiger partial charge in [0.25, 0.3) is 0 Å². The Bertz CT molecular complexity index is 88.5. The van der Waals surface area contributed by atoms with Crippen LogP contribution in [0.25, 0.3) is 0 Å². The Morgan fingerprint density at radius 1 is 1.50 bits per heavy atom. The molecule has 0 bridgehead atoms. The van der Waals surface area contributed by atoms with Gasteiger partial charge in [-0.2, -0.15) is 4.90 Å². The van der Waals surface area contributed by atoms with Gasteiger partial charge in [-0.3, -0.25) is 0 Å². The molecule has 0 aliphatic rings. The molecule has 0 saturated carbocycles. The van der Waals surface area contributed by atoms with Crippen LogP contribution in [0.15, 0.2) is 0 Å². The summed E-state index contributed by atoms with van der Waals surface area (Å²) in [6.07, 6.45) is 0. The molecule has 0 aromatic rings. The molecule has 0 aliphatic carbocycles. The van der Waals surface area contributed by atoms with Gasteiger partial charge in [-0.05, 0) is 13.8 Å². The highest BCUT2D eigenvalue weighted by atomic mass is 32.1. The molecule has 0 fully saturated rings. The summed E-state index contributed by atoms with van der Waals surface area (Å²) in [5, 5.41) is 0. The number of rotatable bonds is 2. The molecule has 2 heteroatoms. The summed E-state index contributed by atoms with van der Waals surface area (Å²) >= 11 is 4.95. The van der Waals surface area contributed by atoms with E-state index in [0.29, 0.717) is 6.04 Å². The first-order valence-electron chi connectivity index (χ1n) is 2.72. The largest absolute Gasteiger partial charge is 0.168 e. The summed E-state index contributed by atoms with van der Waals surface area (Å²) in [7, 11) is 4.06. The lowest BCUT2D eigenvalue weighted by Gasteiger charge is -2.07. The summed E-state index contributed by atoms with van der Waals surface area (Å²) < 4.78 is 0. The Labute approximate surface area is 56.7 Å². The van der Waals surface area contributed by atoms with E-state index in [1.807, 2.05) is 21.0 Å². The molecule has 1 nitrogen and oxygen atoms in total. The van der Waals surface area contributed by atoms with Crippen LogP contribution >= 0.6 is 12.2 Å². The van der Waals surface area contributed by atoms with E-state index in [2.05, 4.69) is 11.8 Å². The van der Waals surface area contributed by atoms with E-state index in [9.17, 15) is 0 Å². The van der Waals surface area contributed by atoms with Gasteiger partial charge in [0, 0.05) is 0 Å². The smallest absolute Gasteiger partial charge is 0.160 e. The second-order valence-electron chi connectivity index (χ2n) is 2.25. The first kappa shape index (κ1) is 8.05. The molecule has 0 heterocycles. The third kappa shape index (κ3) is 2.38. The van der Waals surface area contributed by atoms with E-state index in [1.54, 1.807) is 0 Å². The molecule has 47 valence electrons. The molecule has 0 rings (SSSR count). The lowest BCUT2D eigenvalue weighted by Crippen LogP contribution is -2.35. The highest BCUT2D eigenvalue weighted by Gasteiger charge is 2.13. The summed E-state index contributed by atoms with van der Waals surface area (Å²) in [6.45, 7) is 4.07. The molecule has 1 unspecified atom stereocenters. The molecule has 8 heavy (non-hydrogen) atoms. The van der Waals surface area contributed by atoms with Gasteiger partial charge in [-0.15, -0.1) is 0 Å². The van der Waals surface area contributed by atoms with Crippen LogP contribution in [-0.2, 0) is 0 Å². The minimum absolute atomic E-state index is 0.435. The van der Waals surface area contributed by atoms with Crippen LogP contribution in [-0.4, -0.2) is 25.0 Å². The quantitative estimate of drug-likeness (QED) is 0.402. The van der Waals surface area contributed by atoms with Crippen LogP contribution in [0.1, 0.15) is 13.8 Å². The Balaban J connectivity index is 3.64. The van der Waals surface area contributed by atoms with Crippen LogP contribution in [0.2, 0.25) is 0 Å². The fraction of sp³-hybridized carbons (Fsp3) is 0.833. The summed E-state index contributed by atoms with van der Waals surface area (Å²) in [6, 6.07) is 0.435. The number of hydrogen-bond donors (Lipinski definition) is 0. The molecule has 0 amide bonds. The monoisotopic (exact) mass is 131 g/mol. The van der Waals surface area contributed by atoms with Crippen LogP contribution in [0.3, 0.4) is 0 Å². The zero-order valence-corrected chi connectivity index (χ0v) is 6.75. The van der Waals surface area contributed by atoms with Crippen molar-refractivity contribution in [3.05, 3.63) is 0 Å². The molecule has 0 saturated heterocycles. The maximum Gasteiger partial charge on any atom is 0.160 e. The van der Waals surface area contributed by atoms with Crippen LogP contribution < -0.4 is 4.90 Å². The van der Waals surface area contributed by atoms with Gasteiger partial charge < -0.3 is 0 Å². The third-order valence-electron chi connectivity index (χ3n) is 1.36. The molecule has 0 aromatic carbocycles. The Morgan fingerprint density at radius 3 is 1.88 bits per heavy atom. The molecule has 0 N–H and O–H groups in total. The van der Waals surface area contributed by atoms with E-state index in [-0.39, 0.29) is 0 Å². The van der Waals surface area contributed by atoms with Gasteiger partial charge in [-0.25, -0.2) is 0 Å². The fourth-order valence-electron chi connectivity index (χ4n) is 0.364. The van der Waals surface area contributed by atoms with Crippen molar-refractivity contribution < 1.29 is 0 Å². The summed E-state index contributed by atoms with van der Waals surface area (Å²) in [5.41, 5.74) is 0. The molecule has 1 radical (unpaired) electrons. The van der Waals surface area contributed by atoms with E-state index in [1.165, 1.54) is 0 Å². The number of hydrogen-bond acceptors (Lipinski definition) is 2. The Kier molecular flexibility index (Phi) is 3.17. The van der Waals surface area contributed by atoms with E-state index < -0.39 is 0 Å². The van der Waals surface area contributed by atoms with Gasteiger partial charge in [-0.1, -0.05) is 12.2 Å². The van der Waals surface area contributed by atoms with Gasteiger partial charge in [0.1, 0.15) is 14.1 Å². The van der Waals surface area contributed by atoms with Crippen LogP contribution in [0, 0.1) is 0 Å². The second kappa shape index (κ2) is 3.15. The van der Waals surface area contributed by atoms with E-state index in [0.717, 1.165) is 4.86 Å². The second-order valence-corrected chi connectivity index (χ2v) is 2.89. The highest BCUT2D eigenvalue weighted by Crippen LogP contribution is 1.90. The Morgan fingerprint density at radius 2 is 1.88 bits per heavy atom. The van der Waals surface area contributed by atoms with Gasteiger partial charge in [0.15, 0.2) is 6.04 Å². The van der Waals surface area contributed by atoms with Crippen molar-refractivity contribution in [2.24, 2.45) is 0 Å². The predicted molar refractivity (Wildman–Crippen MR) is 41.7 cm³/mol. The van der Waals surface area contributed by atoms with Crippen LogP contribution in [0.5, 0.6) is 0 Å². The number of nitrogens with zero attached hydrogens (tertiary/aromatic N) is 1. The summed E-state index contributed by atoms with van der Waals surface area (Å²) in [5.74, 6) is 0. The first-order valence-corrected chi connectivity index (χ1v) is 3.13. The average molecular weight is 131 g/mol. The topological polar surface area (TPSA) is 5.90 Å². The lowest BCUT2D eigenvalue weighted by atomic mass is 10.2. The maximum absolute atomic E-state index is 4.95. The lowest BCUT2D eigenvalue weighted by molar-refractivity contribution is 0.535. The van der Waals surface area contributed by atoms with E-state index in [4.69, 9.17) is 12.2 Å². The SMILES string of the molecule is CC(=S)C(C)[N+](C)C. The van der Waals surface area contributed by atoms with Crippen molar-refractivity contribution in [3.8, 4) is 0 Å². The van der Waals surface area contributed by atoms with Crippen molar-refractivity contribution in [2.75, 3.05) is 14.1 Å². The zero-order valence-electron chi connectivity index (χ0n) is 5.93. The van der Waals surface area contributed by atoms with Gasteiger partial charge in [0.2, 0.25) is 0 Å². The minimum Gasteiger partial charge on any atom is -0.168 e. The minimum atomic E-state index is 0.435. The molecule has 0 aromatic heterocycles. The molecule has 1 atom stereocenters. The van der Waals surface area contributed by atoms with Crippen molar-refractivity contribution in [1.82, 2.24) is 4.90 Å².